The van der Waals surface area contributed by atoms with Gasteiger partial charge in [0.15, 0.2) is 5.13 Å². The highest BCUT2D eigenvalue weighted by atomic mass is 32.1. The van der Waals surface area contributed by atoms with Crippen LogP contribution in [0, 0.1) is 0 Å². The zero-order valence-corrected chi connectivity index (χ0v) is 12.3. The van der Waals surface area contributed by atoms with E-state index in [2.05, 4.69) is 15.6 Å². The van der Waals surface area contributed by atoms with Crippen molar-refractivity contribution in [1.29, 1.82) is 0 Å². The van der Waals surface area contributed by atoms with E-state index in [1.807, 2.05) is 20.8 Å². The Morgan fingerprint density at radius 2 is 2.32 bits per heavy atom. The lowest BCUT2D eigenvalue weighted by Gasteiger charge is -2.22. The van der Waals surface area contributed by atoms with Crippen LogP contribution in [0.4, 0.5) is 10.9 Å². The molecule has 1 unspecified atom stereocenters. The van der Waals surface area contributed by atoms with Gasteiger partial charge in [0.1, 0.15) is 10.7 Å². The Kier molecular flexibility index (Phi) is 3.96. The molecule has 1 saturated heterocycles. The van der Waals surface area contributed by atoms with E-state index < -0.39 is 0 Å². The highest BCUT2D eigenvalue weighted by Gasteiger charge is 2.32. The van der Waals surface area contributed by atoms with Crippen molar-refractivity contribution in [2.45, 2.75) is 38.8 Å². The largest absolute Gasteiger partial charge is 0.382 e. The molecule has 2 rings (SSSR count). The number of carbonyl (C=O) groups is 1. The van der Waals surface area contributed by atoms with E-state index in [0.717, 1.165) is 6.42 Å². The fraction of sp³-hybridized carbons (Fsp3) is 0.667. The second-order valence-electron chi connectivity index (χ2n) is 5.35. The maximum absolute atomic E-state index is 12.2. The van der Waals surface area contributed by atoms with E-state index in [4.69, 9.17) is 10.5 Å². The summed E-state index contributed by atoms with van der Waals surface area (Å²) in [6.45, 7) is 7.20. The van der Waals surface area contributed by atoms with Gasteiger partial charge in [0.25, 0.3) is 5.91 Å². The second-order valence-corrected chi connectivity index (χ2v) is 6.35. The maximum atomic E-state index is 12.2. The Morgan fingerprint density at radius 3 is 2.89 bits per heavy atom. The normalized spacial score (nSPS) is 22.7. The van der Waals surface area contributed by atoms with E-state index in [9.17, 15) is 4.79 Å². The summed E-state index contributed by atoms with van der Waals surface area (Å²) in [5.41, 5.74) is 5.50. The molecule has 6 nitrogen and oxygen atoms in total. The Hall–Kier alpha value is -1.34. The number of hydrogen-bond acceptors (Lipinski definition) is 6. The first kappa shape index (κ1) is 14.1. The summed E-state index contributed by atoms with van der Waals surface area (Å²) in [6, 6.07) is 0.252. The topological polar surface area (TPSA) is 89.3 Å². The zero-order chi connectivity index (χ0) is 14.0. The lowest BCUT2D eigenvalue weighted by atomic mass is 10.0. The summed E-state index contributed by atoms with van der Waals surface area (Å²) in [5.74, 6) is 0.0907. The molecular formula is C12H20N4O2S. The van der Waals surface area contributed by atoms with Gasteiger partial charge in [0.05, 0.1) is 12.1 Å². The molecule has 0 aliphatic carbocycles. The lowest BCUT2D eigenvalue weighted by Crippen LogP contribution is -2.46. The van der Waals surface area contributed by atoms with Crippen molar-refractivity contribution in [2.24, 2.45) is 0 Å². The average Bonchev–Trinajstić information content (AvgIpc) is 2.84. The van der Waals surface area contributed by atoms with Gasteiger partial charge in [-0.1, -0.05) is 11.3 Å². The lowest BCUT2D eigenvalue weighted by molar-refractivity contribution is 0.0894. The summed E-state index contributed by atoms with van der Waals surface area (Å²) in [5, 5.41) is 6.80. The first-order valence-corrected chi connectivity index (χ1v) is 7.14. The minimum Gasteiger partial charge on any atom is -0.382 e. The number of rotatable bonds is 4. The first-order valence-electron chi connectivity index (χ1n) is 6.33. The van der Waals surface area contributed by atoms with E-state index in [-0.39, 0.29) is 23.3 Å². The molecule has 0 bridgehead atoms. The number of nitrogens with two attached hydrogens (primary N) is 1. The van der Waals surface area contributed by atoms with Crippen molar-refractivity contribution >= 4 is 28.2 Å². The van der Waals surface area contributed by atoms with Crippen LogP contribution in [0.25, 0.3) is 0 Å². The summed E-state index contributed by atoms with van der Waals surface area (Å²) >= 11 is 1.28. The van der Waals surface area contributed by atoms with Crippen molar-refractivity contribution in [2.75, 3.05) is 24.3 Å². The van der Waals surface area contributed by atoms with Crippen molar-refractivity contribution in [3.8, 4) is 0 Å². The molecule has 1 aromatic rings. The number of nitrogen functional groups attached to an aromatic ring is 1. The minimum atomic E-state index is -0.306. The number of hydrogen-bond donors (Lipinski definition) is 3. The Morgan fingerprint density at radius 1 is 1.58 bits per heavy atom. The van der Waals surface area contributed by atoms with Gasteiger partial charge in [-0.3, -0.25) is 4.79 Å². The third kappa shape index (κ3) is 3.36. The SMILES string of the molecule is CC(C)Nc1nc(N)c(C(=O)NC2(C)CCOC2)s1. The molecule has 0 aromatic carbocycles. The number of ether oxygens (including phenoxy) is 1. The van der Waals surface area contributed by atoms with Gasteiger partial charge in [0.2, 0.25) is 0 Å². The Balaban J connectivity index is 2.08. The highest BCUT2D eigenvalue weighted by molar-refractivity contribution is 7.18. The molecule has 4 N–H and O–H groups in total. The molecule has 19 heavy (non-hydrogen) atoms. The van der Waals surface area contributed by atoms with Crippen LogP contribution in [0.2, 0.25) is 0 Å². The van der Waals surface area contributed by atoms with Crippen LogP contribution in [-0.2, 0) is 4.74 Å². The summed E-state index contributed by atoms with van der Waals surface area (Å²) in [7, 11) is 0. The average molecular weight is 284 g/mol. The van der Waals surface area contributed by atoms with Gasteiger partial charge in [0, 0.05) is 12.6 Å². The molecule has 1 fully saturated rings. The van der Waals surface area contributed by atoms with E-state index in [1.54, 1.807) is 0 Å². The summed E-state index contributed by atoms with van der Waals surface area (Å²) < 4.78 is 5.31. The fourth-order valence-corrected chi connectivity index (χ4v) is 2.83. The van der Waals surface area contributed by atoms with Gasteiger partial charge in [-0.05, 0) is 27.2 Å². The third-order valence-corrected chi connectivity index (χ3v) is 3.91. The fourth-order valence-electron chi connectivity index (χ4n) is 1.90. The van der Waals surface area contributed by atoms with Crippen LogP contribution < -0.4 is 16.4 Å². The molecule has 1 amide bonds. The van der Waals surface area contributed by atoms with E-state index in [0.29, 0.717) is 23.2 Å². The third-order valence-electron chi connectivity index (χ3n) is 2.91. The second kappa shape index (κ2) is 5.34. The first-order chi connectivity index (χ1) is 8.89. The van der Waals surface area contributed by atoms with Gasteiger partial charge in [-0.25, -0.2) is 4.98 Å². The van der Waals surface area contributed by atoms with Crippen LogP contribution in [0.5, 0.6) is 0 Å². The van der Waals surface area contributed by atoms with E-state index >= 15 is 0 Å². The molecule has 0 spiro atoms. The number of nitrogens with zero attached hydrogens (tertiary/aromatic N) is 1. The number of thiazole rings is 1. The molecular weight excluding hydrogens is 264 g/mol. The molecule has 106 valence electrons. The molecule has 2 heterocycles. The zero-order valence-electron chi connectivity index (χ0n) is 11.4. The van der Waals surface area contributed by atoms with Crippen LogP contribution in [0.1, 0.15) is 36.9 Å². The van der Waals surface area contributed by atoms with Gasteiger partial charge >= 0.3 is 0 Å². The molecule has 0 radical (unpaired) electrons. The number of nitrogens with one attached hydrogen (secondary N) is 2. The predicted octanol–water partition coefficient (Wildman–Crippen LogP) is 1.45. The molecule has 7 heteroatoms. The van der Waals surface area contributed by atoms with Crippen molar-refractivity contribution < 1.29 is 9.53 Å². The van der Waals surface area contributed by atoms with Gasteiger partial charge in [-0.15, -0.1) is 0 Å². The predicted molar refractivity (Wildman–Crippen MR) is 76.6 cm³/mol. The van der Waals surface area contributed by atoms with Crippen LogP contribution >= 0.6 is 11.3 Å². The molecule has 1 aliphatic rings. The smallest absolute Gasteiger partial charge is 0.265 e. The number of amides is 1. The van der Waals surface area contributed by atoms with Crippen molar-refractivity contribution in [1.82, 2.24) is 10.3 Å². The summed E-state index contributed by atoms with van der Waals surface area (Å²) in [4.78, 5) is 16.8. The molecule has 1 aromatic heterocycles. The van der Waals surface area contributed by atoms with Crippen molar-refractivity contribution in [3.63, 3.8) is 0 Å². The monoisotopic (exact) mass is 284 g/mol. The quantitative estimate of drug-likeness (QED) is 0.779. The maximum Gasteiger partial charge on any atom is 0.265 e. The van der Waals surface area contributed by atoms with E-state index in [1.165, 1.54) is 11.3 Å². The standard InChI is InChI=1S/C12H20N4O2S/c1-7(2)14-11-15-9(13)8(19-11)10(17)16-12(3)4-5-18-6-12/h7H,4-6,13H2,1-3H3,(H,14,15)(H,16,17). The number of anilines is 2. The van der Waals surface area contributed by atoms with Gasteiger partial charge < -0.3 is 21.1 Å². The minimum absolute atomic E-state index is 0.181. The van der Waals surface area contributed by atoms with Crippen LogP contribution in [-0.4, -0.2) is 35.7 Å². The number of aromatic nitrogens is 1. The molecule has 1 atom stereocenters. The summed E-state index contributed by atoms with van der Waals surface area (Å²) in [6.07, 6.45) is 0.814. The Bertz CT molecular complexity index is 466. The van der Waals surface area contributed by atoms with Crippen LogP contribution in [0.3, 0.4) is 0 Å². The molecule has 0 saturated carbocycles. The van der Waals surface area contributed by atoms with Crippen LogP contribution in [0.15, 0.2) is 0 Å². The number of carbonyl (C=O) groups excluding carboxylic acids is 1. The van der Waals surface area contributed by atoms with Crippen molar-refractivity contribution in [3.05, 3.63) is 4.88 Å². The highest BCUT2D eigenvalue weighted by Crippen LogP contribution is 2.27. The van der Waals surface area contributed by atoms with Gasteiger partial charge in [-0.2, -0.15) is 0 Å². The Labute approximate surface area is 116 Å². The molecule has 1 aliphatic heterocycles.